The van der Waals surface area contributed by atoms with Crippen molar-refractivity contribution in [3.8, 4) is 0 Å². The van der Waals surface area contributed by atoms with Crippen LogP contribution in [-0.2, 0) is 10.3 Å². The highest BCUT2D eigenvalue weighted by atomic mass is 19.4. The molecule has 1 aromatic carbocycles. The first-order chi connectivity index (χ1) is 17.6. The van der Waals surface area contributed by atoms with Gasteiger partial charge in [-0.05, 0) is 80.1 Å². The van der Waals surface area contributed by atoms with Crippen molar-refractivity contribution in [2.24, 2.45) is 28.6 Å². The van der Waals surface area contributed by atoms with E-state index in [0.717, 1.165) is 44.2 Å². The molecule has 0 heterocycles. The summed E-state index contributed by atoms with van der Waals surface area (Å²) in [6.07, 6.45) is -3.06. The van der Waals surface area contributed by atoms with Crippen molar-refractivity contribution in [3.05, 3.63) is 47.5 Å². The van der Waals surface area contributed by atoms with Crippen LogP contribution >= 0.6 is 0 Å². The van der Waals surface area contributed by atoms with Gasteiger partial charge >= 0.3 is 12.4 Å². The highest BCUT2D eigenvalue weighted by molar-refractivity contribution is 5.87. The summed E-state index contributed by atoms with van der Waals surface area (Å²) in [6.45, 7) is 3.97. The number of nitrogens with one attached hydrogen (secondary N) is 1. The Morgan fingerprint density at radius 2 is 1.55 bits per heavy atom. The number of allylic oxidation sites excluding steroid dienone is 2. The third-order valence-electron chi connectivity index (χ3n) is 10.9. The average Bonchev–Trinajstić information content (AvgIpc) is 3.12. The normalized spacial score (nSPS) is 37.5. The van der Waals surface area contributed by atoms with Gasteiger partial charge in [0.1, 0.15) is 5.60 Å². The van der Waals surface area contributed by atoms with Crippen LogP contribution < -0.4 is 5.32 Å². The van der Waals surface area contributed by atoms with Crippen LogP contribution in [0.15, 0.2) is 42.0 Å². The molecular weight excluding hydrogens is 508 g/mol. The molecule has 2 N–H and O–H groups in total. The average molecular weight is 544 g/mol. The van der Waals surface area contributed by atoms with Gasteiger partial charge in [0.2, 0.25) is 0 Å². The molecule has 0 bridgehead atoms. The van der Waals surface area contributed by atoms with Crippen molar-refractivity contribution in [1.82, 2.24) is 5.32 Å². The maximum absolute atomic E-state index is 14.4. The largest absolute Gasteiger partial charge is 0.424 e. The van der Waals surface area contributed by atoms with Crippen LogP contribution in [0.4, 0.5) is 26.3 Å². The molecule has 3 nitrogen and oxygen atoms in total. The highest BCUT2D eigenvalue weighted by Gasteiger charge is 2.75. The molecule has 0 spiro atoms. The zero-order valence-electron chi connectivity index (χ0n) is 21.7. The number of alkyl halides is 6. The summed E-state index contributed by atoms with van der Waals surface area (Å²) >= 11 is 0. The standard InChI is InChI=1S/C29H35F6NO2/c1-24-15-7-6-8-18(24)11-12-20-21(24)13-16-25(2)22(20)14-17-26(25,38)23(37)36-27(28(30,31)32,29(33,34)35)19-9-4-3-5-10-19/h3-5,9-11,20-22,38H,6-8,12-17H2,1-2H3,(H,36,37)/t20-,21-,22+,24+,25+,26?/m1/s1. The van der Waals surface area contributed by atoms with E-state index in [1.165, 1.54) is 17.0 Å². The third-order valence-corrected chi connectivity index (χ3v) is 10.9. The summed E-state index contributed by atoms with van der Waals surface area (Å²) in [5, 5.41) is 13.1. The van der Waals surface area contributed by atoms with Crippen LogP contribution in [0.25, 0.3) is 0 Å². The van der Waals surface area contributed by atoms with Gasteiger partial charge in [-0.1, -0.05) is 62.2 Å². The zero-order chi connectivity index (χ0) is 27.8. The summed E-state index contributed by atoms with van der Waals surface area (Å²) < 4.78 is 86.1. The van der Waals surface area contributed by atoms with Crippen LogP contribution in [0.3, 0.4) is 0 Å². The Labute approximate surface area is 219 Å². The minimum absolute atomic E-state index is 0.0283. The molecule has 4 aliphatic carbocycles. The van der Waals surface area contributed by atoms with Crippen LogP contribution in [0.2, 0.25) is 0 Å². The van der Waals surface area contributed by atoms with Crippen molar-refractivity contribution in [2.45, 2.75) is 95.1 Å². The van der Waals surface area contributed by atoms with Crippen molar-refractivity contribution < 1.29 is 36.2 Å². The van der Waals surface area contributed by atoms with E-state index in [0.29, 0.717) is 37.3 Å². The predicted molar refractivity (Wildman–Crippen MR) is 130 cm³/mol. The Kier molecular flexibility index (Phi) is 6.33. The van der Waals surface area contributed by atoms with Crippen molar-refractivity contribution in [1.29, 1.82) is 0 Å². The maximum Gasteiger partial charge on any atom is 0.424 e. The summed E-state index contributed by atoms with van der Waals surface area (Å²) in [4.78, 5) is 13.6. The summed E-state index contributed by atoms with van der Waals surface area (Å²) in [5.74, 6) is -1.31. The molecule has 5 rings (SSSR count). The summed E-state index contributed by atoms with van der Waals surface area (Å²) in [5.41, 5.74) is -7.78. The lowest BCUT2D eigenvalue weighted by atomic mass is 9.47. The molecule has 1 unspecified atom stereocenters. The Balaban J connectivity index is 1.50. The van der Waals surface area contributed by atoms with Crippen molar-refractivity contribution >= 4 is 5.91 Å². The number of halogens is 6. The number of carbonyl (C=O) groups is 1. The first-order valence-corrected chi connectivity index (χ1v) is 13.6. The number of benzene rings is 1. The first kappa shape index (κ1) is 27.5. The van der Waals surface area contributed by atoms with Gasteiger partial charge < -0.3 is 10.4 Å². The lowest BCUT2D eigenvalue weighted by Gasteiger charge is -2.58. The van der Waals surface area contributed by atoms with E-state index < -0.39 is 40.4 Å². The van der Waals surface area contributed by atoms with Gasteiger partial charge in [-0.2, -0.15) is 26.3 Å². The van der Waals surface area contributed by atoms with Crippen LogP contribution in [0.5, 0.6) is 0 Å². The summed E-state index contributed by atoms with van der Waals surface area (Å²) in [6, 6.07) is 4.83. The SMILES string of the molecule is C[C@]12CCCCC1=CC[C@@H]1[C@H]2CC[C@@]2(C)[C@H]1CCC2(O)C(=O)NC(c1ccccc1)(C(F)(F)F)C(F)(F)F. The predicted octanol–water partition coefficient (Wildman–Crippen LogP) is 7.21. The number of aliphatic hydroxyl groups is 1. The van der Waals surface area contributed by atoms with Crippen molar-refractivity contribution in [3.63, 3.8) is 0 Å². The van der Waals surface area contributed by atoms with Crippen molar-refractivity contribution in [2.75, 3.05) is 0 Å². The lowest BCUT2D eigenvalue weighted by Crippen LogP contribution is -2.69. The molecule has 0 saturated heterocycles. The molecule has 1 amide bonds. The molecule has 0 aromatic heterocycles. The number of carbonyl (C=O) groups excluding carboxylic acids is 1. The van der Waals surface area contributed by atoms with Gasteiger partial charge in [0, 0.05) is 5.41 Å². The fraction of sp³-hybridized carbons (Fsp3) is 0.690. The van der Waals surface area contributed by atoms with Crippen LogP contribution in [0, 0.1) is 28.6 Å². The number of fused-ring (bicyclic) bond motifs is 5. The zero-order valence-corrected chi connectivity index (χ0v) is 21.7. The number of rotatable bonds is 3. The van der Waals surface area contributed by atoms with E-state index in [-0.39, 0.29) is 23.7 Å². The lowest BCUT2D eigenvalue weighted by molar-refractivity contribution is -0.313. The van der Waals surface area contributed by atoms with E-state index in [9.17, 15) is 36.2 Å². The second-order valence-corrected chi connectivity index (χ2v) is 12.4. The van der Waals surface area contributed by atoms with E-state index in [4.69, 9.17) is 0 Å². The minimum atomic E-state index is -5.89. The smallest absolute Gasteiger partial charge is 0.379 e. The molecule has 3 saturated carbocycles. The Morgan fingerprint density at radius 1 is 0.921 bits per heavy atom. The molecule has 3 fully saturated rings. The monoisotopic (exact) mass is 543 g/mol. The van der Waals surface area contributed by atoms with Gasteiger partial charge in [-0.3, -0.25) is 4.79 Å². The molecule has 210 valence electrons. The fourth-order valence-electron chi connectivity index (χ4n) is 8.75. The maximum atomic E-state index is 14.4. The van der Waals surface area contributed by atoms with E-state index in [1.54, 1.807) is 6.92 Å². The van der Waals surface area contributed by atoms with Gasteiger partial charge in [-0.15, -0.1) is 0 Å². The molecular formula is C29H35F6NO2. The topological polar surface area (TPSA) is 49.3 Å². The number of hydrogen-bond acceptors (Lipinski definition) is 2. The molecule has 9 heteroatoms. The van der Waals surface area contributed by atoms with E-state index >= 15 is 0 Å². The second-order valence-electron chi connectivity index (χ2n) is 12.4. The quantitative estimate of drug-likeness (QED) is 0.313. The highest BCUT2D eigenvalue weighted by Crippen LogP contribution is 2.67. The Bertz CT molecular complexity index is 1100. The Hall–Kier alpha value is -2.03. The van der Waals surface area contributed by atoms with Gasteiger partial charge in [-0.25, -0.2) is 0 Å². The number of hydrogen-bond donors (Lipinski definition) is 2. The van der Waals surface area contributed by atoms with E-state index in [1.807, 2.05) is 0 Å². The van der Waals surface area contributed by atoms with E-state index in [2.05, 4.69) is 13.0 Å². The minimum Gasteiger partial charge on any atom is -0.379 e. The van der Waals surface area contributed by atoms with Crippen LogP contribution in [0.1, 0.15) is 77.2 Å². The number of amides is 1. The summed E-state index contributed by atoms with van der Waals surface area (Å²) in [7, 11) is 0. The fourth-order valence-corrected chi connectivity index (χ4v) is 8.75. The molecule has 1 aromatic rings. The van der Waals surface area contributed by atoms with Crippen LogP contribution in [-0.4, -0.2) is 29.0 Å². The molecule has 0 aliphatic heterocycles. The van der Waals surface area contributed by atoms with Gasteiger partial charge in [0.05, 0.1) is 0 Å². The molecule has 4 aliphatic rings. The first-order valence-electron chi connectivity index (χ1n) is 13.6. The Morgan fingerprint density at radius 3 is 2.18 bits per heavy atom. The molecule has 38 heavy (non-hydrogen) atoms. The second kappa shape index (κ2) is 8.73. The van der Waals surface area contributed by atoms with Gasteiger partial charge in [0.15, 0.2) is 0 Å². The third kappa shape index (κ3) is 3.62. The van der Waals surface area contributed by atoms with Gasteiger partial charge in [0.25, 0.3) is 11.4 Å². The molecule has 6 atom stereocenters. The molecule has 0 radical (unpaired) electrons.